The van der Waals surface area contributed by atoms with Gasteiger partial charge >= 0.3 is 0 Å². The fraction of sp³-hybridized carbons (Fsp3) is 0.250. The number of imidazole rings is 1. The number of H-pyrrole nitrogens is 1. The summed E-state index contributed by atoms with van der Waals surface area (Å²) in [5.74, 6) is 0.611. The first-order valence-corrected chi connectivity index (χ1v) is 2.02. The summed E-state index contributed by atoms with van der Waals surface area (Å²) in [5.41, 5.74) is 0. The van der Waals surface area contributed by atoms with Gasteiger partial charge in [-0.05, 0) is 0 Å². The smallest absolute Gasteiger partial charge is 0.131 e. The number of aromatic amines is 1. The maximum absolute atomic E-state index is 8.33. The monoisotopic (exact) mass is 116 g/mol. The van der Waals surface area contributed by atoms with Crippen LogP contribution in [0.15, 0.2) is 12.4 Å². The van der Waals surface area contributed by atoms with E-state index in [4.69, 9.17) is 5.11 Å². The summed E-state index contributed by atoms with van der Waals surface area (Å²) in [7, 11) is 0. The Kier molecular flexibility index (Phi) is 2.83. The third-order valence-electron chi connectivity index (χ3n) is 0.705. The third kappa shape index (κ3) is 1.32. The Labute approximate surface area is 46.5 Å². The van der Waals surface area contributed by atoms with Crippen LogP contribution in [0.25, 0.3) is 0 Å². The summed E-state index contributed by atoms with van der Waals surface area (Å²) in [5, 5.41) is 8.33. The number of nitrogens with zero attached hydrogens (tertiary/aromatic N) is 1. The highest BCUT2D eigenvalue weighted by molar-refractivity contribution is 4.82. The van der Waals surface area contributed by atoms with Gasteiger partial charge in [0.2, 0.25) is 0 Å². The van der Waals surface area contributed by atoms with Crippen LogP contribution in [-0.4, -0.2) is 20.6 Å². The van der Waals surface area contributed by atoms with Crippen LogP contribution >= 0.6 is 0 Å². The number of aliphatic hydroxyl groups excluding tert-OH is 1. The normalized spacial score (nSPS) is 8.12. The lowest BCUT2D eigenvalue weighted by Gasteiger charge is -1.79. The molecule has 0 amide bonds. The minimum Gasteiger partial charge on any atom is -0.412 e. The highest BCUT2D eigenvalue weighted by atomic mass is 16.3. The van der Waals surface area contributed by atoms with Gasteiger partial charge in [0.15, 0.2) is 0 Å². The maximum atomic E-state index is 8.33. The van der Waals surface area contributed by atoms with Gasteiger partial charge in [0, 0.05) is 12.4 Å². The van der Waals surface area contributed by atoms with Crippen molar-refractivity contribution in [1.29, 1.82) is 0 Å². The summed E-state index contributed by atoms with van der Waals surface area (Å²) in [6.45, 7) is -0.00694. The van der Waals surface area contributed by atoms with E-state index >= 15 is 0 Å². The zero-order chi connectivity index (χ0) is 5.11. The summed E-state index contributed by atoms with van der Waals surface area (Å²) in [6, 6.07) is 0. The minimum atomic E-state index is -0.00694. The molecule has 0 saturated heterocycles. The second-order valence-corrected chi connectivity index (χ2v) is 1.19. The number of hydrogen-bond donors (Lipinski definition) is 2. The largest absolute Gasteiger partial charge is 0.412 e. The lowest BCUT2D eigenvalue weighted by Crippen LogP contribution is -1.82. The van der Waals surface area contributed by atoms with Crippen molar-refractivity contribution in [1.82, 2.24) is 9.97 Å². The Bertz CT molecular complexity index is 127. The van der Waals surface area contributed by atoms with E-state index < -0.39 is 0 Å². The Morgan fingerprint density at radius 2 is 2.50 bits per heavy atom. The summed E-state index contributed by atoms with van der Waals surface area (Å²) >= 11 is 0. The van der Waals surface area contributed by atoms with E-state index in [1.54, 1.807) is 12.4 Å². The fourth-order valence-electron chi connectivity index (χ4n) is 0.384. The van der Waals surface area contributed by atoms with Crippen molar-refractivity contribution in [3.63, 3.8) is 0 Å². The molecule has 0 bridgehead atoms. The molecule has 8 heavy (non-hydrogen) atoms. The van der Waals surface area contributed by atoms with Crippen LogP contribution in [0.2, 0.25) is 0 Å². The summed E-state index contributed by atoms with van der Waals surface area (Å²) in [6.07, 6.45) is 3.27. The van der Waals surface area contributed by atoms with Gasteiger partial charge in [-0.25, -0.2) is 4.98 Å². The van der Waals surface area contributed by atoms with Crippen LogP contribution in [-0.2, 0) is 6.61 Å². The zero-order valence-corrected chi connectivity index (χ0v) is 4.26. The van der Waals surface area contributed by atoms with Crippen LogP contribution in [0, 0.1) is 0 Å². The van der Waals surface area contributed by atoms with Gasteiger partial charge in [0.1, 0.15) is 12.4 Å². The molecule has 0 unspecified atom stereocenters. The van der Waals surface area contributed by atoms with E-state index in [0.717, 1.165) is 0 Å². The van der Waals surface area contributed by atoms with Gasteiger partial charge in [-0.15, -0.1) is 0 Å². The molecule has 0 fully saturated rings. The van der Waals surface area contributed by atoms with Crippen LogP contribution in [0.3, 0.4) is 0 Å². The standard InChI is InChI=1S/C4H6N2O.H2O/c7-3-4-5-1-2-6-4;/h1-2,7H,3H2,(H,5,6);1H2. The first kappa shape index (κ1) is 7.13. The van der Waals surface area contributed by atoms with Crippen LogP contribution in [0.4, 0.5) is 0 Å². The van der Waals surface area contributed by atoms with Gasteiger partial charge in [0.25, 0.3) is 0 Å². The predicted octanol–water partition coefficient (Wildman–Crippen LogP) is -0.923. The molecule has 1 aromatic rings. The molecule has 4 heteroatoms. The van der Waals surface area contributed by atoms with Gasteiger partial charge in [-0.2, -0.15) is 0 Å². The molecule has 0 saturated carbocycles. The first-order valence-electron chi connectivity index (χ1n) is 2.02. The van der Waals surface area contributed by atoms with E-state index in [1.807, 2.05) is 0 Å². The molecule has 0 radical (unpaired) electrons. The van der Waals surface area contributed by atoms with Gasteiger partial charge < -0.3 is 15.6 Å². The molecule has 0 aromatic carbocycles. The highest BCUT2D eigenvalue weighted by Gasteiger charge is 1.84. The molecule has 4 nitrogen and oxygen atoms in total. The number of aromatic nitrogens is 2. The molecule has 1 aromatic heterocycles. The zero-order valence-electron chi connectivity index (χ0n) is 4.26. The molecular weight excluding hydrogens is 108 g/mol. The van der Waals surface area contributed by atoms with Crippen LogP contribution in [0.1, 0.15) is 5.82 Å². The maximum Gasteiger partial charge on any atom is 0.131 e. The number of nitrogens with one attached hydrogen (secondary N) is 1. The van der Waals surface area contributed by atoms with E-state index in [1.165, 1.54) is 0 Å². The van der Waals surface area contributed by atoms with Crippen molar-refractivity contribution in [2.45, 2.75) is 6.61 Å². The lowest BCUT2D eigenvalue weighted by atomic mass is 10.7. The quantitative estimate of drug-likeness (QED) is 0.497. The first-order chi connectivity index (χ1) is 3.43. The molecule has 46 valence electrons. The lowest BCUT2D eigenvalue weighted by molar-refractivity contribution is 0.272. The fourth-order valence-corrected chi connectivity index (χ4v) is 0.384. The van der Waals surface area contributed by atoms with E-state index in [9.17, 15) is 0 Å². The van der Waals surface area contributed by atoms with Crippen molar-refractivity contribution < 1.29 is 10.6 Å². The SMILES string of the molecule is O.OCc1ncc[nH]1. The Morgan fingerprint density at radius 3 is 2.75 bits per heavy atom. The second kappa shape index (κ2) is 3.17. The summed E-state index contributed by atoms with van der Waals surface area (Å²) < 4.78 is 0. The van der Waals surface area contributed by atoms with Crippen LogP contribution in [0.5, 0.6) is 0 Å². The predicted molar refractivity (Wildman–Crippen MR) is 28.1 cm³/mol. The Hall–Kier alpha value is -0.870. The minimum absolute atomic E-state index is 0. The number of hydrogen-bond acceptors (Lipinski definition) is 2. The van der Waals surface area contributed by atoms with Crippen molar-refractivity contribution in [3.8, 4) is 0 Å². The van der Waals surface area contributed by atoms with E-state index in [-0.39, 0.29) is 12.1 Å². The van der Waals surface area contributed by atoms with Crippen molar-refractivity contribution in [2.75, 3.05) is 0 Å². The molecule has 0 aliphatic heterocycles. The van der Waals surface area contributed by atoms with Crippen molar-refractivity contribution >= 4 is 0 Å². The van der Waals surface area contributed by atoms with Gasteiger partial charge in [0.05, 0.1) is 0 Å². The molecular formula is C4H8N2O2. The Balaban J connectivity index is 0.000000490. The molecule has 4 N–H and O–H groups in total. The Morgan fingerprint density at radius 1 is 1.75 bits per heavy atom. The molecule has 0 spiro atoms. The molecule has 1 rings (SSSR count). The molecule has 0 atom stereocenters. The number of aliphatic hydroxyl groups is 1. The van der Waals surface area contributed by atoms with Crippen molar-refractivity contribution in [2.24, 2.45) is 0 Å². The third-order valence-corrected chi connectivity index (χ3v) is 0.705. The second-order valence-electron chi connectivity index (χ2n) is 1.19. The number of rotatable bonds is 1. The molecule has 0 aliphatic carbocycles. The van der Waals surface area contributed by atoms with E-state index in [0.29, 0.717) is 5.82 Å². The molecule has 0 aliphatic rings. The van der Waals surface area contributed by atoms with Gasteiger partial charge in [-0.1, -0.05) is 0 Å². The van der Waals surface area contributed by atoms with Gasteiger partial charge in [-0.3, -0.25) is 0 Å². The van der Waals surface area contributed by atoms with E-state index in [2.05, 4.69) is 9.97 Å². The van der Waals surface area contributed by atoms with Crippen molar-refractivity contribution in [3.05, 3.63) is 18.2 Å². The molecule has 1 heterocycles. The average Bonchev–Trinajstić information content (AvgIpc) is 2.14. The average molecular weight is 116 g/mol. The topological polar surface area (TPSA) is 80.4 Å². The highest BCUT2D eigenvalue weighted by Crippen LogP contribution is 1.83. The van der Waals surface area contributed by atoms with Crippen LogP contribution < -0.4 is 0 Å². The summed E-state index contributed by atoms with van der Waals surface area (Å²) in [4.78, 5) is 6.45.